The van der Waals surface area contributed by atoms with Gasteiger partial charge in [0.05, 0.1) is 19.7 Å². The maximum absolute atomic E-state index is 5.57. The molecule has 7 nitrogen and oxygen atoms in total. The number of hydrogen-bond donors (Lipinski definition) is 3. The summed E-state index contributed by atoms with van der Waals surface area (Å²) in [6, 6.07) is 17.1. The van der Waals surface area contributed by atoms with Gasteiger partial charge in [-0.25, -0.2) is 4.98 Å². The van der Waals surface area contributed by atoms with Gasteiger partial charge in [0.1, 0.15) is 5.82 Å². The topological polar surface area (TPSA) is 70.7 Å². The summed E-state index contributed by atoms with van der Waals surface area (Å²) in [7, 11) is 7.44. The fraction of sp³-hybridized carbons (Fsp3) is 0.407. The van der Waals surface area contributed by atoms with Crippen LogP contribution in [0.1, 0.15) is 31.2 Å². The van der Waals surface area contributed by atoms with Crippen molar-refractivity contribution in [1.82, 2.24) is 15.6 Å². The second-order valence-electron chi connectivity index (χ2n) is 9.11. The number of fused-ring (bicyclic) bond motifs is 1. The Morgan fingerprint density at radius 3 is 2.46 bits per heavy atom. The molecule has 2 aromatic carbocycles. The highest BCUT2D eigenvalue weighted by atomic mass is 32.1. The fourth-order valence-electron chi connectivity index (χ4n) is 4.70. The average Bonchev–Trinajstić information content (AvgIpc) is 2.87. The molecule has 4 rings (SSSR count). The lowest BCUT2D eigenvalue weighted by Gasteiger charge is -2.31. The Bertz CT molecular complexity index is 1160. The molecular formula is C27H35N5O2S. The summed E-state index contributed by atoms with van der Waals surface area (Å²) < 4.78 is 10.9. The summed E-state index contributed by atoms with van der Waals surface area (Å²) in [6.07, 6.45) is 4.23. The van der Waals surface area contributed by atoms with Crippen molar-refractivity contribution in [3.63, 3.8) is 0 Å². The highest BCUT2D eigenvalue weighted by Gasteiger charge is 2.22. The van der Waals surface area contributed by atoms with E-state index in [9.17, 15) is 0 Å². The third-order valence-electron chi connectivity index (χ3n) is 6.51. The lowest BCUT2D eigenvalue weighted by molar-refractivity contribution is 0.351. The van der Waals surface area contributed by atoms with Gasteiger partial charge in [0.2, 0.25) is 0 Å². The van der Waals surface area contributed by atoms with Crippen LogP contribution < -0.4 is 30.3 Å². The van der Waals surface area contributed by atoms with Gasteiger partial charge >= 0.3 is 0 Å². The molecule has 3 N–H and O–H groups in total. The van der Waals surface area contributed by atoms with Crippen molar-refractivity contribution in [3.8, 4) is 11.5 Å². The first-order chi connectivity index (χ1) is 17.0. The number of rotatable bonds is 8. The highest BCUT2D eigenvalue weighted by Crippen LogP contribution is 2.31. The fourth-order valence-corrected chi connectivity index (χ4v) is 4.94. The molecule has 1 heterocycles. The molecule has 1 saturated carbocycles. The van der Waals surface area contributed by atoms with Crippen molar-refractivity contribution in [3.05, 3.63) is 54.1 Å². The predicted molar refractivity (Wildman–Crippen MR) is 148 cm³/mol. The number of pyridine rings is 1. The zero-order valence-corrected chi connectivity index (χ0v) is 21.7. The molecule has 0 spiro atoms. The summed E-state index contributed by atoms with van der Waals surface area (Å²) in [5.41, 5.74) is 3.20. The SMILES string of the molecule is COc1cccc(CNC(=S)N[C@H]2CC[C@@H](Nc3cc(N(C)C)c4ccccc4n3)CC2)c1OC. The molecule has 1 fully saturated rings. The summed E-state index contributed by atoms with van der Waals surface area (Å²) in [5, 5.41) is 12.3. The van der Waals surface area contributed by atoms with Gasteiger partial charge in [-0.3, -0.25) is 0 Å². The van der Waals surface area contributed by atoms with Crippen LogP contribution in [0.3, 0.4) is 0 Å². The summed E-state index contributed by atoms with van der Waals surface area (Å²) in [5.74, 6) is 2.39. The van der Waals surface area contributed by atoms with E-state index in [0.29, 0.717) is 23.7 Å². The minimum Gasteiger partial charge on any atom is -0.493 e. The summed E-state index contributed by atoms with van der Waals surface area (Å²) in [6.45, 7) is 0.574. The Morgan fingerprint density at radius 2 is 1.74 bits per heavy atom. The molecule has 0 atom stereocenters. The van der Waals surface area contributed by atoms with E-state index < -0.39 is 0 Å². The van der Waals surface area contributed by atoms with Crippen LogP contribution in [0.2, 0.25) is 0 Å². The van der Waals surface area contributed by atoms with Crippen LogP contribution >= 0.6 is 12.2 Å². The number of nitrogens with zero attached hydrogens (tertiary/aromatic N) is 2. The molecular weight excluding hydrogens is 458 g/mol. The van der Waals surface area contributed by atoms with Crippen LogP contribution in [-0.2, 0) is 6.54 Å². The molecule has 1 aliphatic rings. The van der Waals surface area contributed by atoms with E-state index >= 15 is 0 Å². The molecule has 3 aromatic rings. The first-order valence-electron chi connectivity index (χ1n) is 12.1. The van der Waals surface area contributed by atoms with Crippen molar-refractivity contribution >= 4 is 39.7 Å². The van der Waals surface area contributed by atoms with E-state index in [4.69, 9.17) is 26.7 Å². The zero-order valence-electron chi connectivity index (χ0n) is 20.9. The predicted octanol–water partition coefficient (Wildman–Crippen LogP) is 4.71. The first-order valence-corrected chi connectivity index (χ1v) is 12.5. The second kappa shape index (κ2) is 11.4. The number of hydrogen-bond acceptors (Lipinski definition) is 6. The molecule has 1 aliphatic carbocycles. The van der Waals surface area contributed by atoms with Crippen LogP contribution in [-0.4, -0.2) is 50.5 Å². The maximum atomic E-state index is 5.57. The first kappa shape index (κ1) is 24.9. The maximum Gasteiger partial charge on any atom is 0.166 e. The van der Waals surface area contributed by atoms with E-state index in [-0.39, 0.29) is 0 Å². The molecule has 0 amide bonds. The van der Waals surface area contributed by atoms with Crippen LogP contribution in [0.25, 0.3) is 10.9 Å². The number of benzene rings is 2. The Kier molecular flexibility index (Phi) is 8.13. The van der Waals surface area contributed by atoms with E-state index in [0.717, 1.165) is 54.1 Å². The van der Waals surface area contributed by atoms with Gasteiger partial charge in [0.25, 0.3) is 0 Å². The van der Waals surface area contributed by atoms with Gasteiger partial charge in [0.15, 0.2) is 16.6 Å². The second-order valence-corrected chi connectivity index (χ2v) is 9.52. The van der Waals surface area contributed by atoms with Crippen LogP contribution in [0.4, 0.5) is 11.5 Å². The molecule has 0 aliphatic heterocycles. The lowest BCUT2D eigenvalue weighted by Crippen LogP contribution is -2.44. The smallest absolute Gasteiger partial charge is 0.166 e. The summed E-state index contributed by atoms with van der Waals surface area (Å²) in [4.78, 5) is 7.00. The van der Waals surface area contributed by atoms with Gasteiger partial charge in [0, 0.05) is 55.4 Å². The van der Waals surface area contributed by atoms with Gasteiger partial charge in [-0.1, -0.05) is 30.3 Å². The van der Waals surface area contributed by atoms with Gasteiger partial charge in [-0.15, -0.1) is 0 Å². The molecule has 1 aromatic heterocycles. The number of anilines is 2. The molecule has 35 heavy (non-hydrogen) atoms. The Labute approximate surface area is 213 Å². The average molecular weight is 494 g/mol. The van der Waals surface area contributed by atoms with Crippen molar-refractivity contribution in [2.45, 2.75) is 44.3 Å². The number of nitrogens with one attached hydrogen (secondary N) is 3. The van der Waals surface area contributed by atoms with E-state index in [1.807, 2.05) is 24.3 Å². The zero-order chi connectivity index (χ0) is 24.8. The highest BCUT2D eigenvalue weighted by molar-refractivity contribution is 7.80. The lowest BCUT2D eigenvalue weighted by atomic mass is 9.91. The number of aromatic nitrogens is 1. The molecule has 186 valence electrons. The Morgan fingerprint density at radius 1 is 1.00 bits per heavy atom. The van der Waals surface area contributed by atoms with Gasteiger partial charge in [-0.2, -0.15) is 0 Å². The van der Waals surface area contributed by atoms with Crippen molar-refractivity contribution in [2.24, 2.45) is 0 Å². The minimum atomic E-state index is 0.363. The normalized spacial score (nSPS) is 17.5. The minimum absolute atomic E-state index is 0.363. The van der Waals surface area contributed by atoms with Crippen LogP contribution in [0.15, 0.2) is 48.5 Å². The third kappa shape index (κ3) is 6.06. The molecule has 0 radical (unpaired) electrons. The molecule has 0 saturated heterocycles. The van der Waals surface area contributed by atoms with E-state index in [1.54, 1.807) is 14.2 Å². The largest absolute Gasteiger partial charge is 0.493 e. The summed E-state index contributed by atoms with van der Waals surface area (Å²) >= 11 is 5.57. The van der Waals surface area contributed by atoms with E-state index in [2.05, 4.69) is 59.2 Å². The number of para-hydroxylation sites is 2. The van der Waals surface area contributed by atoms with Crippen molar-refractivity contribution in [2.75, 3.05) is 38.5 Å². The quantitative estimate of drug-likeness (QED) is 0.390. The number of ether oxygens (including phenoxy) is 2. The molecule has 0 unspecified atom stereocenters. The number of thiocarbonyl (C=S) groups is 1. The van der Waals surface area contributed by atoms with Crippen molar-refractivity contribution < 1.29 is 9.47 Å². The number of methoxy groups -OCH3 is 2. The van der Waals surface area contributed by atoms with Crippen molar-refractivity contribution in [1.29, 1.82) is 0 Å². The molecule has 8 heteroatoms. The Balaban J connectivity index is 1.28. The third-order valence-corrected chi connectivity index (χ3v) is 6.78. The monoisotopic (exact) mass is 493 g/mol. The standard InChI is InChI=1S/C27H35N5O2S/c1-32(2)23-16-25(31-22-10-6-5-9-21(22)23)29-19-12-14-20(15-13-19)30-27(35)28-17-18-8-7-11-24(33-3)26(18)34-4/h5-11,16,19-20H,12-15,17H2,1-4H3,(H,29,31)(H2,28,30,35)/t19-,20+. The van der Waals surface area contributed by atoms with Crippen LogP contribution in [0.5, 0.6) is 11.5 Å². The Hall–Kier alpha value is -3.26. The van der Waals surface area contributed by atoms with E-state index in [1.165, 1.54) is 11.1 Å². The van der Waals surface area contributed by atoms with Gasteiger partial charge in [-0.05, 0) is 50.0 Å². The van der Waals surface area contributed by atoms with Crippen LogP contribution in [0, 0.1) is 0 Å². The van der Waals surface area contributed by atoms with Gasteiger partial charge < -0.3 is 30.3 Å². The molecule has 0 bridgehead atoms.